The minimum Gasteiger partial charge on any atom is -0.307 e. The average Bonchev–Trinajstić information content (AvgIpc) is 1.54. The molecule has 0 saturated carbocycles. The van der Waals surface area contributed by atoms with Gasteiger partial charge in [0, 0.05) is 27.1 Å². The van der Waals surface area contributed by atoms with Crippen LogP contribution < -0.4 is 0 Å². The molecule has 0 amide bonds. The molecule has 0 fully saturated rings. The number of nitriles is 1. The second-order valence-electron chi connectivity index (χ2n) is 22.5. The minimum absolute atomic E-state index is 0.0132. The molecule has 0 atom stereocenters. The molecule has 98 heavy (non-hydrogen) atoms. The van der Waals surface area contributed by atoms with Crippen molar-refractivity contribution in [1.29, 1.82) is 5.26 Å². The third-order valence-electron chi connectivity index (χ3n) is 16.0. The van der Waals surface area contributed by atoms with Gasteiger partial charge in [0.2, 0.25) is 0 Å². The number of benzene rings is 9. The smallest absolute Gasteiger partial charge is 0.307 e. The van der Waals surface area contributed by atoms with Crippen molar-refractivity contribution in [3.63, 3.8) is 0 Å². The maximum Gasteiger partial charge on any atom is 0.416 e. The molecule has 3 heterocycles. The number of halogens is 24. The van der Waals surface area contributed by atoms with Gasteiger partial charge in [-0.1, -0.05) is 48.5 Å². The van der Waals surface area contributed by atoms with Crippen LogP contribution >= 0.6 is 0 Å². The van der Waals surface area contributed by atoms with E-state index in [9.17, 15) is 111 Å². The molecule has 0 bridgehead atoms. The Hall–Kier alpha value is -10.6. The quantitative estimate of drug-likeness (QED) is 0.149. The second-order valence-corrected chi connectivity index (χ2v) is 22.5. The molecule has 0 aliphatic carbocycles. The van der Waals surface area contributed by atoms with Gasteiger partial charge in [-0.05, 0) is 168 Å². The zero-order valence-corrected chi connectivity index (χ0v) is 48.8. The van der Waals surface area contributed by atoms with Crippen LogP contribution in [0.25, 0.3) is 111 Å². The highest BCUT2D eigenvalue weighted by Gasteiger charge is 2.42. The number of aryl methyl sites for hydroxylation is 2. The van der Waals surface area contributed by atoms with Crippen LogP contribution in [0, 0.1) is 25.2 Å². The van der Waals surface area contributed by atoms with E-state index in [-0.39, 0.29) is 90.9 Å². The van der Waals surface area contributed by atoms with Gasteiger partial charge >= 0.3 is 49.4 Å². The average molecular weight is 1390 g/mol. The molecule has 0 unspecified atom stereocenters. The third-order valence-corrected chi connectivity index (χ3v) is 16.0. The fraction of sp³-hybridized carbons (Fsp3) is 0.147. The van der Waals surface area contributed by atoms with Gasteiger partial charge in [0.05, 0.1) is 89.6 Å². The Morgan fingerprint density at radius 3 is 0.714 bits per heavy atom. The summed E-state index contributed by atoms with van der Waals surface area (Å²) >= 11 is 0. The Labute approximate surface area is 532 Å². The molecule has 9 aromatic carbocycles. The number of hydrogen-bond acceptors (Lipinski definition) is 4. The lowest BCUT2D eigenvalue weighted by molar-refractivity contribution is -0.144. The molecule has 3 aromatic heterocycles. The monoisotopic (exact) mass is 1390 g/mol. The van der Waals surface area contributed by atoms with Crippen molar-refractivity contribution in [2.24, 2.45) is 0 Å². The van der Waals surface area contributed by atoms with Gasteiger partial charge in [-0.15, -0.1) is 0 Å². The maximum absolute atomic E-state index is 14.6. The Balaban J connectivity index is 1.29. The first-order chi connectivity index (χ1) is 45.3. The summed E-state index contributed by atoms with van der Waals surface area (Å²) in [7, 11) is 0. The van der Waals surface area contributed by atoms with E-state index in [1.165, 1.54) is 26.0 Å². The summed E-state index contributed by atoms with van der Waals surface area (Å²) in [5.74, 6) is -0.364. The van der Waals surface area contributed by atoms with Gasteiger partial charge in [-0.3, -0.25) is 0 Å². The topological polar surface area (TPSA) is 72.3 Å². The lowest BCUT2D eigenvalue weighted by Crippen LogP contribution is -2.11. The van der Waals surface area contributed by atoms with Crippen molar-refractivity contribution in [1.82, 2.24) is 24.1 Å². The maximum atomic E-state index is 14.6. The van der Waals surface area contributed by atoms with Gasteiger partial charge in [0.15, 0.2) is 5.82 Å². The van der Waals surface area contributed by atoms with Crippen LogP contribution in [0.5, 0.6) is 0 Å². The van der Waals surface area contributed by atoms with E-state index in [0.29, 0.717) is 48.5 Å². The van der Waals surface area contributed by atoms with Crippen LogP contribution in [0.4, 0.5) is 105 Å². The molecule has 502 valence electrons. The first-order valence-corrected chi connectivity index (χ1v) is 28.0. The predicted octanol–water partition coefficient (Wildman–Crippen LogP) is 23.0. The number of aromatic nitrogens is 5. The summed E-state index contributed by atoms with van der Waals surface area (Å²) in [5, 5.41) is 11.0. The Bertz CT molecular complexity index is 4900. The van der Waals surface area contributed by atoms with Gasteiger partial charge in [0.1, 0.15) is 11.6 Å². The molecule has 6 nitrogen and oxygen atoms in total. The molecule has 0 spiro atoms. The number of alkyl halides is 24. The van der Waals surface area contributed by atoms with Crippen molar-refractivity contribution in [3.8, 4) is 73.3 Å². The standard InChI is InChI=1S/C68H32F24N6/c1-30-94-31(2)96-60(95-30)53-28-59(98-56-21-34(38-15-45(65(81,82)83)26-46(16-38)66(84,85)86)5-9-51(56)52-10-6-35(22-57(52)98)39-17-47(67(87,88)89)27-48(18-39)68(90,91)92)58(23-40(53)29-93)97-54-19-32(36-11-41(61(69,70)71)24-42(12-36)62(72,73)74)3-7-49(54)50-8-4-33(20-55(50)97)37-13-43(63(75,76)77)25-44(14-37)64(78,79)80/h3-28H,1-2H3. The van der Waals surface area contributed by atoms with E-state index < -0.39 is 155 Å². The van der Waals surface area contributed by atoms with E-state index in [4.69, 9.17) is 0 Å². The Kier molecular flexibility index (Phi) is 15.6. The van der Waals surface area contributed by atoms with E-state index >= 15 is 0 Å². The van der Waals surface area contributed by atoms with Crippen LogP contribution in [0.3, 0.4) is 0 Å². The molecule has 30 heteroatoms. The first-order valence-electron chi connectivity index (χ1n) is 28.0. The highest BCUT2D eigenvalue weighted by Crippen LogP contribution is 2.49. The Morgan fingerprint density at radius 1 is 0.276 bits per heavy atom. The summed E-state index contributed by atoms with van der Waals surface area (Å²) in [6.07, 6.45) is -43.5. The molecule has 0 N–H and O–H groups in total. The minimum atomic E-state index is -5.44. The van der Waals surface area contributed by atoms with E-state index in [0.717, 1.165) is 81.9 Å². The molecular formula is C68H32F24N6. The SMILES string of the molecule is Cc1nc(C)nc(-c2cc(-n3c4cc(-c5cc(C(F)(F)F)cc(C(F)(F)F)c5)ccc4c4ccc(-c5cc(C(F)(F)F)cc(C(F)(F)F)c5)cc43)c(-n3c4cc(-c5cc(C(F)(F)F)cc(C(F)(F)F)c5)ccc4c4ccc(-c5cc(C(F)(F)F)cc(C(F)(F)F)c5)cc43)cc2C#N)n1. The van der Waals surface area contributed by atoms with Crippen LogP contribution in [0.2, 0.25) is 0 Å². The third kappa shape index (κ3) is 12.6. The Morgan fingerprint density at radius 2 is 0.500 bits per heavy atom. The molecule has 0 aliphatic rings. The van der Waals surface area contributed by atoms with E-state index in [2.05, 4.69) is 15.0 Å². The first kappa shape index (κ1) is 67.4. The van der Waals surface area contributed by atoms with Crippen molar-refractivity contribution in [2.45, 2.75) is 63.3 Å². The van der Waals surface area contributed by atoms with Crippen molar-refractivity contribution in [3.05, 3.63) is 219 Å². The molecule has 0 radical (unpaired) electrons. The van der Waals surface area contributed by atoms with Gasteiger partial charge in [-0.2, -0.15) is 111 Å². The normalized spacial score (nSPS) is 13.2. The summed E-state index contributed by atoms with van der Waals surface area (Å²) in [4.78, 5) is 12.9. The van der Waals surface area contributed by atoms with Crippen LogP contribution in [-0.2, 0) is 49.4 Å². The van der Waals surface area contributed by atoms with Crippen molar-refractivity contribution < 1.29 is 105 Å². The van der Waals surface area contributed by atoms with Crippen LogP contribution in [0.15, 0.2) is 158 Å². The van der Waals surface area contributed by atoms with Crippen LogP contribution in [-0.4, -0.2) is 24.1 Å². The lowest BCUT2D eigenvalue weighted by Gasteiger charge is -2.20. The summed E-state index contributed by atoms with van der Waals surface area (Å²) < 4.78 is 352. The van der Waals surface area contributed by atoms with Gasteiger partial charge in [-0.25, -0.2) is 15.0 Å². The van der Waals surface area contributed by atoms with Gasteiger partial charge < -0.3 is 9.13 Å². The number of fused-ring (bicyclic) bond motifs is 6. The molecule has 0 aliphatic heterocycles. The molecule has 12 rings (SSSR count). The predicted molar refractivity (Wildman–Crippen MR) is 310 cm³/mol. The number of rotatable bonds is 7. The summed E-state index contributed by atoms with van der Waals surface area (Å²) in [6, 6.07) is 19.1. The van der Waals surface area contributed by atoms with Crippen molar-refractivity contribution in [2.75, 3.05) is 0 Å². The molecular weight excluding hydrogens is 1360 g/mol. The molecule has 0 saturated heterocycles. The highest BCUT2D eigenvalue weighted by molar-refractivity contribution is 6.14. The zero-order chi connectivity index (χ0) is 71.3. The van der Waals surface area contributed by atoms with Crippen LogP contribution in [0.1, 0.15) is 61.7 Å². The number of hydrogen-bond donors (Lipinski definition) is 0. The second kappa shape index (κ2) is 22.8. The lowest BCUT2D eigenvalue weighted by atomic mass is 9.97. The number of nitrogens with zero attached hydrogens (tertiary/aromatic N) is 6. The fourth-order valence-corrected chi connectivity index (χ4v) is 11.7. The van der Waals surface area contributed by atoms with Gasteiger partial charge in [0.25, 0.3) is 0 Å². The van der Waals surface area contributed by atoms with Crippen molar-refractivity contribution >= 4 is 43.6 Å². The summed E-state index contributed by atoms with van der Waals surface area (Å²) in [5.41, 5.74) is -22.2. The van der Waals surface area contributed by atoms with E-state index in [1.54, 1.807) is 0 Å². The molecule has 12 aromatic rings. The van der Waals surface area contributed by atoms with E-state index in [1.807, 2.05) is 6.07 Å². The largest absolute Gasteiger partial charge is 0.416 e. The fourth-order valence-electron chi connectivity index (χ4n) is 11.7. The highest BCUT2D eigenvalue weighted by atomic mass is 19.4. The zero-order valence-electron chi connectivity index (χ0n) is 48.8. The summed E-state index contributed by atoms with van der Waals surface area (Å²) in [6.45, 7) is 2.76.